The highest BCUT2D eigenvalue weighted by atomic mass is 16.5. The smallest absolute Gasteiger partial charge is 0.123 e. The Morgan fingerprint density at radius 2 is 1.94 bits per heavy atom. The van der Waals surface area contributed by atoms with E-state index in [9.17, 15) is 0 Å². The summed E-state index contributed by atoms with van der Waals surface area (Å²) in [6.07, 6.45) is 4.61. The van der Waals surface area contributed by atoms with Gasteiger partial charge in [-0.05, 0) is 37.7 Å². The van der Waals surface area contributed by atoms with E-state index in [4.69, 9.17) is 9.84 Å². The molecule has 0 aromatic heterocycles. The van der Waals surface area contributed by atoms with Crippen molar-refractivity contribution in [3.05, 3.63) is 29.8 Å². The van der Waals surface area contributed by atoms with Gasteiger partial charge in [-0.3, -0.25) is 0 Å². The molecule has 0 aliphatic heterocycles. The number of hydrogen-bond acceptors (Lipinski definition) is 3. The van der Waals surface area contributed by atoms with Crippen LogP contribution in [0, 0.1) is 5.92 Å². The van der Waals surface area contributed by atoms with Crippen LogP contribution in [-0.2, 0) is 6.54 Å². The molecule has 0 bridgehead atoms. The first-order valence-corrected chi connectivity index (χ1v) is 6.79. The predicted octanol–water partition coefficient (Wildman–Crippen LogP) is 2.34. The van der Waals surface area contributed by atoms with Gasteiger partial charge in [0, 0.05) is 24.8 Å². The molecule has 3 heteroatoms. The van der Waals surface area contributed by atoms with Crippen molar-refractivity contribution in [2.24, 2.45) is 5.92 Å². The first kappa shape index (κ1) is 13.4. The largest absolute Gasteiger partial charge is 0.496 e. The zero-order valence-corrected chi connectivity index (χ0v) is 11.1. The molecule has 0 saturated heterocycles. The molecule has 18 heavy (non-hydrogen) atoms. The minimum Gasteiger partial charge on any atom is -0.496 e. The Morgan fingerprint density at radius 3 is 2.61 bits per heavy atom. The summed E-state index contributed by atoms with van der Waals surface area (Å²) < 4.78 is 5.35. The highest BCUT2D eigenvalue weighted by Gasteiger charge is 2.20. The number of ether oxygens (including phenoxy) is 1. The molecule has 3 nitrogen and oxygen atoms in total. The van der Waals surface area contributed by atoms with Crippen molar-refractivity contribution in [3.8, 4) is 5.75 Å². The number of aliphatic hydroxyl groups is 1. The summed E-state index contributed by atoms with van der Waals surface area (Å²) in [6.45, 7) is 1.21. The first-order chi connectivity index (χ1) is 8.83. The van der Waals surface area contributed by atoms with Crippen LogP contribution in [0.5, 0.6) is 5.75 Å². The standard InChI is InChI=1S/C15H23NO2/c1-18-15-5-3-2-4-13(15)10-16-14-8-6-12(11-17)7-9-14/h2-5,12,14,16-17H,6-11H2,1H3. The van der Waals surface area contributed by atoms with E-state index >= 15 is 0 Å². The third-order valence-corrected chi connectivity index (χ3v) is 3.88. The van der Waals surface area contributed by atoms with Crippen molar-refractivity contribution in [2.75, 3.05) is 13.7 Å². The van der Waals surface area contributed by atoms with Crippen LogP contribution in [-0.4, -0.2) is 24.9 Å². The minimum atomic E-state index is 0.346. The van der Waals surface area contributed by atoms with Crippen molar-refractivity contribution in [3.63, 3.8) is 0 Å². The van der Waals surface area contributed by atoms with Crippen LogP contribution in [0.1, 0.15) is 31.2 Å². The number of nitrogens with one attached hydrogen (secondary N) is 1. The Morgan fingerprint density at radius 1 is 1.22 bits per heavy atom. The van der Waals surface area contributed by atoms with Crippen LogP contribution >= 0.6 is 0 Å². The quantitative estimate of drug-likeness (QED) is 0.841. The Kier molecular flexibility index (Phi) is 5.02. The van der Waals surface area contributed by atoms with E-state index in [0.717, 1.165) is 25.1 Å². The van der Waals surface area contributed by atoms with Gasteiger partial charge in [0.05, 0.1) is 7.11 Å². The molecule has 0 unspecified atom stereocenters. The van der Waals surface area contributed by atoms with Crippen LogP contribution in [0.3, 0.4) is 0 Å². The summed E-state index contributed by atoms with van der Waals surface area (Å²) in [5, 5.41) is 12.7. The van der Waals surface area contributed by atoms with Gasteiger partial charge >= 0.3 is 0 Å². The van der Waals surface area contributed by atoms with E-state index in [1.54, 1.807) is 7.11 Å². The summed E-state index contributed by atoms with van der Waals surface area (Å²) in [5.41, 5.74) is 1.21. The molecule has 1 aliphatic rings. The average Bonchev–Trinajstić information content (AvgIpc) is 2.46. The molecule has 1 aromatic carbocycles. The van der Waals surface area contributed by atoms with E-state index in [2.05, 4.69) is 11.4 Å². The molecule has 0 amide bonds. The van der Waals surface area contributed by atoms with Gasteiger partial charge in [-0.15, -0.1) is 0 Å². The second kappa shape index (κ2) is 6.76. The molecule has 0 atom stereocenters. The topological polar surface area (TPSA) is 41.5 Å². The second-order valence-corrected chi connectivity index (χ2v) is 5.09. The lowest BCUT2D eigenvalue weighted by Gasteiger charge is -2.28. The fourth-order valence-electron chi connectivity index (χ4n) is 2.65. The number of aliphatic hydroxyl groups excluding tert-OH is 1. The lowest BCUT2D eigenvalue weighted by atomic mass is 9.86. The summed E-state index contributed by atoms with van der Waals surface area (Å²) in [5.74, 6) is 1.48. The Bertz CT molecular complexity index is 359. The van der Waals surface area contributed by atoms with E-state index in [-0.39, 0.29) is 0 Å². The number of rotatable bonds is 5. The molecule has 2 N–H and O–H groups in total. The van der Waals surface area contributed by atoms with Gasteiger partial charge in [0.25, 0.3) is 0 Å². The van der Waals surface area contributed by atoms with Crippen LogP contribution in [0.2, 0.25) is 0 Å². The fourth-order valence-corrected chi connectivity index (χ4v) is 2.65. The van der Waals surface area contributed by atoms with Crippen molar-refractivity contribution in [1.29, 1.82) is 0 Å². The zero-order valence-electron chi connectivity index (χ0n) is 11.1. The van der Waals surface area contributed by atoms with Crippen molar-refractivity contribution < 1.29 is 9.84 Å². The molecule has 0 heterocycles. The van der Waals surface area contributed by atoms with Crippen LogP contribution in [0.4, 0.5) is 0 Å². The molecule has 1 saturated carbocycles. The highest BCUT2D eigenvalue weighted by Crippen LogP contribution is 2.24. The van der Waals surface area contributed by atoms with Gasteiger partial charge in [-0.1, -0.05) is 18.2 Å². The normalized spacial score (nSPS) is 23.9. The molecule has 1 fully saturated rings. The number of hydrogen-bond donors (Lipinski definition) is 2. The van der Waals surface area contributed by atoms with Crippen molar-refractivity contribution in [2.45, 2.75) is 38.3 Å². The summed E-state index contributed by atoms with van der Waals surface area (Å²) in [7, 11) is 1.71. The Labute approximate surface area is 109 Å². The predicted molar refractivity (Wildman–Crippen MR) is 72.7 cm³/mol. The molecule has 2 rings (SSSR count). The summed E-state index contributed by atoms with van der Waals surface area (Å²) in [6, 6.07) is 8.72. The monoisotopic (exact) mass is 249 g/mol. The highest BCUT2D eigenvalue weighted by molar-refractivity contribution is 5.33. The van der Waals surface area contributed by atoms with Crippen molar-refractivity contribution >= 4 is 0 Å². The lowest BCUT2D eigenvalue weighted by molar-refractivity contribution is 0.175. The SMILES string of the molecule is COc1ccccc1CNC1CCC(CO)CC1. The van der Waals surface area contributed by atoms with Gasteiger partial charge in [-0.25, -0.2) is 0 Å². The third-order valence-electron chi connectivity index (χ3n) is 3.88. The number of para-hydroxylation sites is 1. The molecule has 0 spiro atoms. The van der Waals surface area contributed by atoms with Gasteiger partial charge < -0.3 is 15.2 Å². The van der Waals surface area contributed by atoms with Gasteiger partial charge in [-0.2, -0.15) is 0 Å². The van der Waals surface area contributed by atoms with E-state index < -0.39 is 0 Å². The maximum Gasteiger partial charge on any atom is 0.123 e. The van der Waals surface area contributed by atoms with Gasteiger partial charge in [0.2, 0.25) is 0 Å². The van der Waals surface area contributed by atoms with Gasteiger partial charge in [0.1, 0.15) is 5.75 Å². The number of benzene rings is 1. The summed E-state index contributed by atoms with van der Waals surface area (Å²) >= 11 is 0. The molecular formula is C15H23NO2. The first-order valence-electron chi connectivity index (χ1n) is 6.79. The minimum absolute atomic E-state index is 0.346. The van der Waals surface area contributed by atoms with E-state index in [1.165, 1.54) is 18.4 Å². The molecule has 0 radical (unpaired) electrons. The Balaban J connectivity index is 1.81. The van der Waals surface area contributed by atoms with Crippen LogP contribution in [0.15, 0.2) is 24.3 Å². The van der Waals surface area contributed by atoms with Gasteiger partial charge in [0.15, 0.2) is 0 Å². The molecular weight excluding hydrogens is 226 g/mol. The van der Waals surface area contributed by atoms with E-state index in [1.807, 2.05) is 18.2 Å². The zero-order chi connectivity index (χ0) is 12.8. The maximum atomic E-state index is 9.12. The second-order valence-electron chi connectivity index (χ2n) is 5.09. The summed E-state index contributed by atoms with van der Waals surface area (Å²) in [4.78, 5) is 0. The van der Waals surface area contributed by atoms with E-state index in [0.29, 0.717) is 18.6 Å². The maximum absolute atomic E-state index is 9.12. The lowest BCUT2D eigenvalue weighted by Crippen LogP contribution is -2.33. The fraction of sp³-hybridized carbons (Fsp3) is 0.600. The molecule has 1 aromatic rings. The van der Waals surface area contributed by atoms with Crippen molar-refractivity contribution in [1.82, 2.24) is 5.32 Å². The average molecular weight is 249 g/mol. The number of methoxy groups -OCH3 is 1. The molecule has 1 aliphatic carbocycles. The molecule has 100 valence electrons. The Hall–Kier alpha value is -1.06. The van der Waals surface area contributed by atoms with Crippen LogP contribution < -0.4 is 10.1 Å². The van der Waals surface area contributed by atoms with Crippen LogP contribution in [0.25, 0.3) is 0 Å². The third kappa shape index (κ3) is 3.47.